The number of benzene rings is 1. The lowest BCUT2D eigenvalue weighted by Crippen LogP contribution is -2.57. The molecule has 2 saturated carbocycles. The van der Waals surface area contributed by atoms with Crippen LogP contribution < -0.4 is 19.5 Å². The van der Waals surface area contributed by atoms with Gasteiger partial charge in [0.2, 0.25) is 27.7 Å². The smallest absolute Gasteiger partial charge is 0.391 e. The molecule has 2 aliphatic heterocycles. The van der Waals surface area contributed by atoms with Gasteiger partial charge in [-0.3, -0.25) is 28.9 Å². The van der Waals surface area contributed by atoms with Gasteiger partial charge in [-0.1, -0.05) is 32.9 Å². The van der Waals surface area contributed by atoms with E-state index in [0.717, 1.165) is 0 Å². The molecule has 4 fully saturated rings. The number of halogens is 3. The predicted molar refractivity (Wildman–Crippen MR) is 218 cm³/mol. The molecule has 1 aromatic carbocycles. The summed E-state index contributed by atoms with van der Waals surface area (Å²) in [4.78, 5) is 68.7. The molecule has 2 aromatic heterocycles. The number of hydrogen-bond acceptors (Lipinski definition) is 10. The highest BCUT2D eigenvalue weighted by molar-refractivity contribution is 7.91. The first-order valence-corrected chi connectivity index (χ1v) is 22.0. The van der Waals surface area contributed by atoms with E-state index < -0.39 is 85.9 Å². The van der Waals surface area contributed by atoms with Gasteiger partial charge in [0, 0.05) is 55.6 Å². The third kappa shape index (κ3) is 9.33. The maximum Gasteiger partial charge on any atom is 0.391 e. The molecule has 18 heteroatoms. The van der Waals surface area contributed by atoms with Gasteiger partial charge < -0.3 is 24.6 Å². The quantitative estimate of drug-likeness (QED) is 0.218. The van der Waals surface area contributed by atoms with E-state index in [0.29, 0.717) is 46.6 Å². The second-order valence-electron chi connectivity index (χ2n) is 17.6. The van der Waals surface area contributed by atoms with Crippen LogP contribution in [-0.2, 0) is 29.2 Å². The zero-order valence-corrected chi connectivity index (χ0v) is 35.4. The molecule has 3 aromatic rings. The van der Waals surface area contributed by atoms with Gasteiger partial charge in [0.15, 0.2) is 0 Å². The monoisotopic (exact) mass is 868 g/mol. The molecule has 0 unspecified atom stereocenters. The van der Waals surface area contributed by atoms with E-state index in [1.165, 1.54) is 23.0 Å². The molecular weight excluding hydrogens is 818 g/mol. The Morgan fingerprint density at radius 3 is 2.34 bits per heavy atom. The van der Waals surface area contributed by atoms with Crippen molar-refractivity contribution in [3.05, 3.63) is 61.3 Å². The lowest BCUT2D eigenvalue weighted by molar-refractivity contribution is -0.186. The first kappa shape index (κ1) is 43.8. The zero-order valence-electron chi connectivity index (χ0n) is 34.5. The molecule has 5 atom stereocenters. The number of carbonyl (C=O) groups is 4. The number of amides is 4. The molecule has 0 radical (unpaired) electrons. The number of piperidine rings is 1. The van der Waals surface area contributed by atoms with E-state index in [1.807, 2.05) is 6.07 Å². The number of nitrogens with one attached hydrogen (secondary N) is 2. The summed E-state index contributed by atoms with van der Waals surface area (Å²) in [6.45, 7) is 8.77. The van der Waals surface area contributed by atoms with Gasteiger partial charge in [-0.15, -0.1) is 6.58 Å². The number of ether oxygens (including phenoxy) is 2. The number of pyridine rings is 2. The Morgan fingerprint density at radius 1 is 1.03 bits per heavy atom. The van der Waals surface area contributed by atoms with Crippen LogP contribution in [0.4, 0.5) is 13.2 Å². The van der Waals surface area contributed by atoms with Crippen molar-refractivity contribution in [3.8, 4) is 22.9 Å². The van der Waals surface area contributed by atoms with Crippen LogP contribution in [0.1, 0.15) is 65.7 Å². The van der Waals surface area contributed by atoms with E-state index >= 15 is 0 Å². The molecule has 328 valence electrons. The van der Waals surface area contributed by atoms with Crippen LogP contribution >= 0.6 is 0 Å². The number of carbonyl (C=O) groups excluding carboxylic acids is 4. The van der Waals surface area contributed by atoms with Gasteiger partial charge in [0.1, 0.15) is 29.2 Å². The number of aromatic nitrogens is 2. The summed E-state index contributed by atoms with van der Waals surface area (Å²) in [6.07, 6.45) is -2.01. The third-order valence-electron chi connectivity index (χ3n) is 12.3. The molecule has 61 heavy (non-hydrogen) atoms. The van der Waals surface area contributed by atoms with E-state index in [-0.39, 0.29) is 51.7 Å². The molecule has 2 aliphatic carbocycles. The fraction of sp³-hybridized carbons (Fsp3) is 0.535. The Balaban J connectivity index is 1.19. The maximum atomic E-state index is 14.9. The molecule has 2 N–H and O–H groups in total. The lowest BCUT2D eigenvalue weighted by atomic mass is 9.77. The van der Waals surface area contributed by atoms with Crippen LogP contribution in [-0.4, -0.2) is 108 Å². The lowest BCUT2D eigenvalue weighted by Gasteiger charge is -2.37. The summed E-state index contributed by atoms with van der Waals surface area (Å²) in [5.41, 5.74) is -0.903. The second kappa shape index (κ2) is 16.5. The van der Waals surface area contributed by atoms with E-state index in [2.05, 4.69) is 21.6 Å². The highest BCUT2D eigenvalue weighted by Gasteiger charge is 2.62. The predicted octanol–water partition coefficient (Wildman–Crippen LogP) is 5.18. The summed E-state index contributed by atoms with van der Waals surface area (Å²) in [5, 5.41) is 2.70. The number of hydrogen-bond donors (Lipinski definition) is 2. The number of nitrogens with zero attached hydrogens (tertiary/aromatic N) is 4. The SMILES string of the molecule is C=C[C@@H]1C[C@]1(NC(=O)[C@@H]1C[C@@H](Oc2cc(-c3ccccn3)nc3cc(OC)ccc23)CN1C(=O)[C@@H](CC(=O)N1CCC(C(F)(F)F)CC1)C(C)(C)C)C(=O)NS(=O)(=O)C1CC1. The minimum absolute atomic E-state index is 0.0525. The molecule has 0 spiro atoms. The molecule has 2 saturated heterocycles. The normalized spacial score (nSPS) is 23.9. The Hall–Kier alpha value is -5.26. The molecule has 4 amide bonds. The molecular formula is C43H51F3N6O8S. The second-order valence-corrected chi connectivity index (χ2v) is 19.5. The molecule has 14 nitrogen and oxygen atoms in total. The summed E-state index contributed by atoms with van der Waals surface area (Å²) in [6, 6.07) is 11.1. The Morgan fingerprint density at radius 2 is 1.75 bits per heavy atom. The van der Waals surface area contributed by atoms with Crippen LogP contribution in [0.15, 0.2) is 61.3 Å². The topological polar surface area (TPSA) is 177 Å². The largest absolute Gasteiger partial charge is 0.497 e. The third-order valence-corrected chi connectivity index (χ3v) is 14.1. The minimum atomic E-state index is -4.37. The molecule has 4 aliphatic rings. The van der Waals surface area contributed by atoms with Crippen molar-refractivity contribution in [2.45, 2.75) is 94.8 Å². The van der Waals surface area contributed by atoms with E-state index in [4.69, 9.17) is 14.5 Å². The number of methoxy groups -OCH3 is 1. The minimum Gasteiger partial charge on any atom is -0.497 e. The van der Waals surface area contributed by atoms with Gasteiger partial charge in [-0.05, 0) is 61.8 Å². The summed E-state index contributed by atoms with van der Waals surface area (Å²) >= 11 is 0. The number of alkyl halides is 3. The first-order chi connectivity index (χ1) is 28.7. The summed E-state index contributed by atoms with van der Waals surface area (Å²) in [5.74, 6) is -4.83. The average molecular weight is 869 g/mol. The van der Waals surface area contributed by atoms with Crippen LogP contribution in [0, 0.1) is 23.2 Å². The highest BCUT2D eigenvalue weighted by Crippen LogP contribution is 2.46. The van der Waals surface area contributed by atoms with Crippen molar-refractivity contribution in [1.82, 2.24) is 29.8 Å². The van der Waals surface area contributed by atoms with Crippen LogP contribution in [0.2, 0.25) is 0 Å². The van der Waals surface area contributed by atoms with Crippen LogP contribution in [0.3, 0.4) is 0 Å². The van der Waals surface area contributed by atoms with Crippen molar-refractivity contribution < 1.29 is 50.2 Å². The molecule has 4 heterocycles. The van der Waals surface area contributed by atoms with Gasteiger partial charge in [-0.2, -0.15) is 13.2 Å². The van der Waals surface area contributed by atoms with Crippen molar-refractivity contribution in [2.75, 3.05) is 26.7 Å². The van der Waals surface area contributed by atoms with Gasteiger partial charge in [-0.25, -0.2) is 13.4 Å². The number of fused-ring (bicyclic) bond motifs is 1. The molecule has 0 bridgehead atoms. The number of likely N-dealkylation sites (tertiary alicyclic amines) is 2. The summed E-state index contributed by atoms with van der Waals surface area (Å²) < 4.78 is 80.2. The van der Waals surface area contributed by atoms with Crippen LogP contribution in [0.5, 0.6) is 11.5 Å². The first-order valence-electron chi connectivity index (χ1n) is 20.5. The Bertz CT molecular complexity index is 2310. The standard InChI is InChI=1S/C43H51F3N6O8S/c1-6-25-23-42(25,40(56)50-61(57,58)29-11-12-29)49-38(54)35-20-28(60-36-22-34(32-9-7-8-16-47-32)48-33-19-27(59-5)10-13-30(33)36)24-52(35)39(55)31(41(2,3)4)21-37(53)51-17-14-26(15-18-51)43(44,45)46/h6-10,13,16,19,22,25-26,28-29,31,35H,1,11-12,14-15,17-18,20-21,23-24H2,2-5H3,(H,49,54)(H,50,56)/t25-,28-,31-,35+,42-/m1/s1. The van der Waals surface area contributed by atoms with Crippen molar-refractivity contribution in [3.63, 3.8) is 0 Å². The van der Waals surface area contributed by atoms with Gasteiger partial charge in [0.25, 0.3) is 5.91 Å². The van der Waals surface area contributed by atoms with Crippen molar-refractivity contribution >= 4 is 44.6 Å². The fourth-order valence-corrected chi connectivity index (χ4v) is 9.71. The Kier molecular flexibility index (Phi) is 11.9. The molecule has 7 rings (SSSR count). The van der Waals surface area contributed by atoms with Gasteiger partial charge >= 0.3 is 6.18 Å². The zero-order chi connectivity index (χ0) is 44.1. The van der Waals surface area contributed by atoms with Crippen LogP contribution in [0.25, 0.3) is 22.3 Å². The maximum absolute atomic E-state index is 14.9. The van der Waals surface area contributed by atoms with Crippen molar-refractivity contribution in [2.24, 2.45) is 23.2 Å². The number of rotatable bonds is 13. The van der Waals surface area contributed by atoms with E-state index in [1.54, 1.807) is 63.4 Å². The van der Waals surface area contributed by atoms with Gasteiger partial charge in [0.05, 0.1) is 47.6 Å². The van der Waals surface area contributed by atoms with E-state index in [9.17, 15) is 40.8 Å². The number of sulfonamides is 1. The highest BCUT2D eigenvalue weighted by atomic mass is 32.2. The summed E-state index contributed by atoms with van der Waals surface area (Å²) in [7, 11) is -2.44. The average Bonchev–Trinajstić information content (AvgIpc) is 4.15. The van der Waals surface area contributed by atoms with Crippen molar-refractivity contribution in [1.29, 1.82) is 0 Å². The Labute approximate surface area is 352 Å². The fourth-order valence-electron chi connectivity index (χ4n) is 8.34.